The van der Waals surface area contributed by atoms with Gasteiger partial charge in [-0.1, -0.05) is 6.07 Å². The minimum atomic E-state index is -0.475. The third-order valence-corrected chi connectivity index (χ3v) is 3.61. The summed E-state index contributed by atoms with van der Waals surface area (Å²) in [7, 11) is 0. The maximum Gasteiger partial charge on any atom is 0.293 e. The van der Waals surface area contributed by atoms with E-state index < -0.39 is 4.92 Å². The van der Waals surface area contributed by atoms with Gasteiger partial charge in [-0.15, -0.1) is 0 Å². The van der Waals surface area contributed by atoms with Gasteiger partial charge in [-0.2, -0.15) is 5.26 Å². The van der Waals surface area contributed by atoms with Gasteiger partial charge >= 0.3 is 0 Å². The maximum absolute atomic E-state index is 11.1. The highest BCUT2D eigenvalue weighted by Gasteiger charge is 2.26. The molecule has 6 heteroatoms. The van der Waals surface area contributed by atoms with Crippen LogP contribution in [0.3, 0.4) is 0 Å². The summed E-state index contributed by atoms with van der Waals surface area (Å²) in [5.41, 5.74) is 2.72. The summed E-state index contributed by atoms with van der Waals surface area (Å²) in [4.78, 5) is 15.0. The topological polar surface area (TPSA) is 91.8 Å². The summed E-state index contributed by atoms with van der Waals surface area (Å²) in [6.45, 7) is 0. The lowest BCUT2D eigenvalue weighted by atomic mass is 10.1. The molecule has 0 spiro atoms. The molecule has 1 atom stereocenters. The van der Waals surface area contributed by atoms with Crippen LogP contribution < -0.4 is 5.32 Å². The largest absolute Gasteiger partial charge is 0.371 e. The zero-order chi connectivity index (χ0) is 14.8. The molecule has 1 N–H and O–H groups in total. The third-order valence-electron chi connectivity index (χ3n) is 3.61. The third kappa shape index (κ3) is 2.41. The average Bonchev–Trinajstić information content (AvgIpc) is 2.91. The van der Waals surface area contributed by atoms with Gasteiger partial charge in [-0.05, 0) is 36.6 Å². The van der Waals surface area contributed by atoms with E-state index in [4.69, 9.17) is 5.26 Å². The SMILES string of the molecule is N#Cc1ccc(NC2CCc3cccnc32)c([N+](=O)[O-])c1. The zero-order valence-electron chi connectivity index (χ0n) is 11.1. The van der Waals surface area contributed by atoms with Crippen LogP contribution in [0.2, 0.25) is 0 Å². The molecule has 0 fully saturated rings. The van der Waals surface area contributed by atoms with E-state index in [1.165, 1.54) is 11.6 Å². The Hall–Kier alpha value is -2.94. The second kappa shape index (κ2) is 5.21. The first-order chi connectivity index (χ1) is 10.2. The summed E-state index contributed by atoms with van der Waals surface area (Å²) in [5.74, 6) is 0. The van der Waals surface area contributed by atoms with E-state index in [9.17, 15) is 10.1 Å². The van der Waals surface area contributed by atoms with Crippen LogP contribution in [0, 0.1) is 21.4 Å². The van der Waals surface area contributed by atoms with Crippen LogP contribution in [0.5, 0.6) is 0 Å². The highest BCUT2D eigenvalue weighted by atomic mass is 16.6. The smallest absolute Gasteiger partial charge is 0.293 e. The second-order valence-electron chi connectivity index (χ2n) is 4.88. The molecular formula is C15H12N4O2. The molecule has 1 unspecified atom stereocenters. The molecule has 0 bridgehead atoms. The Labute approximate surface area is 121 Å². The fraction of sp³-hybridized carbons (Fsp3) is 0.200. The summed E-state index contributed by atoms with van der Waals surface area (Å²) in [5, 5.41) is 23.2. The Kier molecular flexibility index (Phi) is 3.24. The molecule has 1 aliphatic rings. The molecule has 0 saturated carbocycles. The molecule has 21 heavy (non-hydrogen) atoms. The molecule has 6 nitrogen and oxygen atoms in total. The number of aromatic nitrogens is 1. The van der Waals surface area contributed by atoms with Crippen LogP contribution in [0.1, 0.15) is 29.3 Å². The van der Waals surface area contributed by atoms with Crippen molar-refractivity contribution in [3.05, 3.63) is 63.5 Å². The van der Waals surface area contributed by atoms with Crippen LogP contribution in [-0.4, -0.2) is 9.91 Å². The summed E-state index contributed by atoms with van der Waals surface area (Å²) in [6.07, 6.45) is 3.49. The van der Waals surface area contributed by atoms with E-state index in [1.54, 1.807) is 18.3 Å². The van der Waals surface area contributed by atoms with Gasteiger partial charge in [-0.3, -0.25) is 15.1 Å². The minimum Gasteiger partial charge on any atom is -0.371 e. The molecule has 0 aliphatic heterocycles. The van der Waals surface area contributed by atoms with Gasteiger partial charge in [-0.25, -0.2) is 0 Å². The summed E-state index contributed by atoms with van der Waals surface area (Å²) >= 11 is 0. The molecule has 0 saturated heterocycles. The molecule has 1 aromatic carbocycles. The molecule has 2 aromatic rings. The Balaban J connectivity index is 1.93. The Morgan fingerprint density at radius 2 is 2.29 bits per heavy atom. The van der Waals surface area contributed by atoms with E-state index in [0.29, 0.717) is 5.69 Å². The number of pyridine rings is 1. The number of nitrogens with zero attached hydrogens (tertiary/aromatic N) is 3. The van der Waals surface area contributed by atoms with Crippen molar-refractivity contribution in [3.8, 4) is 6.07 Å². The molecule has 3 rings (SSSR count). The van der Waals surface area contributed by atoms with Gasteiger partial charge in [0, 0.05) is 12.3 Å². The fourth-order valence-electron chi connectivity index (χ4n) is 2.62. The van der Waals surface area contributed by atoms with Gasteiger partial charge in [0.15, 0.2) is 0 Å². The van der Waals surface area contributed by atoms with Crippen LogP contribution in [0.25, 0.3) is 0 Å². The molecule has 104 valence electrons. The van der Waals surface area contributed by atoms with Crippen molar-refractivity contribution < 1.29 is 4.92 Å². The average molecular weight is 280 g/mol. The van der Waals surface area contributed by atoms with Crippen molar-refractivity contribution in [1.82, 2.24) is 4.98 Å². The van der Waals surface area contributed by atoms with Crippen molar-refractivity contribution in [3.63, 3.8) is 0 Å². The number of aryl methyl sites for hydroxylation is 1. The van der Waals surface area contributed by atoms with Crippen molar-refractivity contribution in [2.45, 2.75) is 18.9 Å². The number of rotatable bonds is 3. The quantitative estimate of drug-likeness (QED) is 0.689. The normalized spacial score (nSPS) is 16.0. The van der Waals surface area contributed by atoms with Crippen LogP contribution in [0.4, 0.5) is 11.4 Å². The Morgan fingerprint density at radius 3 is 3.05 bits per heavy atom. The van der Waals surface area contributed by atoms with Gasteiger partial charge < -0.3 is 5.32 Å². The predicted octanol–water partition coefficient (Wildman–Crippen LogP) is 2.96. The Bertz CT molecular complexity index is 752. The van der Waals surface area contributed by atoms with Gasteiger partial charge in [0.05, 0.1) is 28.3 Å². The van der Waals surface area contributed by atoms with Crippen molar-refractivity contribution in [2.24, 2.45) is 0 Å². The van der Waals surface area contributed by atoms with Crippen molar-refractivity contribution in [1.29, 1.82) is 5.26 Å². The van der Waals surface area contributed by atoms with E-state index in [0.717, 1.165) is 18.5 Å². The Morgan fingerprint density at radius 1 is 1.43 bits per heavy atom. The van der Waals surface area contributed by atoms with Crippen LogP contribution in [-0.2, 0) is 6.42 Å². The first-order valence-corrected chi connectivity index (χ1v) is 6.58. The molecule has 0 radical (unpaired) electrons. The first-order valence-electron chi connectivity index (χ1n) is 6.58. The van der Waals surface area contributed by atoms with Gasteiger partial charge in [0.25, 0.3) is 5.69 Å². The van der Waals surface area contributed by atoms with Crippen LogP contribution in [0.15, 0.2) is 36.5 Å². The van der Waals surface area contributed by atoms with Crippen molar-refractivity contribution in [2.75, 3.05) is 5.32 Å². The highest BCUT2D eigenvalue weighted by Crippen LogP contribution is 2.35. The number of hydrogen-bond acceptors (Lipinski definition) is 5. The fourth-order valence-corrected chi connectivity index (χ4v) is 2.62. The predicted molar refractivity (Wildman–Crippen MR) is 76.7 cm³/mol. The van der Waals surface area contributed by atoms with Crippen molar-refractivity contribution >= 4 is 11.4 Å². The number of hydrogen-bond donors (Lipinski definition) is 1. The molecular weight excluding hydrogens is 268 g/mol. The van der Waals surface area contributed by atoms with Gasteiger partial charge in [0.1, 0.15) is 5.69 Å². The minimum absolute atomic E-state index is 0.0344. The maximum atomic E-state index is 11.1. The van der Waals surface area contributed by atoms with E-state index in [2.05, 4.69) is 10.3 Å². The summed E-state index contributed by atoms with van der Waals surface area (Å²) < 4.78 is 0. The molecule has 0 amide bonds. The number of nitro benzene ring substituents is 1. The number of fused-ring (bicyclic) bond motifs is 1. The zero-order valence-corrected chi connectivity index (χ0v) is 11.1. The number of nitriles is 1. The second-order valence-corrected chi connectivity index (χ2v) is 4.88. The molecule has 1 aromatic heterocycles. The highest BCUT2D eigenvalue weighted by molar-refractivity contribution is 5.65. The molecule has 1 heterocycles. The van der Waals surface area contributed by atoms with E-state index >= 15 is 0 Å². The first kappa shape index (κ1) is 13.1. The van der Waals surface area contributed by atoms with Crippen LogP contribution >= 0.6 is 0 Å². The number of nitrogens with one attached hydrogen (secondary N) is 1. The van der Waals surface area contributed by atoms with Gasteiger partial charge in [0.2, 0.25) is 0 Å². The number of anilines is 1. The van der Waals surface area contributed by atoms with E-state index in [1.807, 2.05) is 18.2 Å². The monoisotopic (exact) mass is 280 g/mol. The lowest BCUT2D eigenvalue weighted by Crippen LogP contribution is -2.10. The standard InChI is InChI=1S/C15H12N4O2/c16-9-10-3-5-12(14(8-10)19(20)21)18-13-6-4-11-2-1-7-17-15(11)13/h1-3,5,7-8,13,18H,4,6H2. The van der Waals surface area contributed by atoms with E-state index in [-0.39, 0.29) is 17.3 Å². The number of nitro groups is 1. The summed E-state index contributed by atoms with van der Waals surface area (Å²) in [6, 6.07) is 10.2. The lowest BCUT2D eigenvalue weighted by Gasteiger charge is -2.14. The lowest BCUT2D eigenvalue weighted by molar-refractivity contribution is -0.384. The number of benzene rings is 1. The molecule has 1 aliphatic carbocycles.